The van der Waals surface area contributed by atoms with Gasteiger partial charge in [0.05, 0.1) is 0 Å². The predicted molar refractivity (Wildman–Crippen MR) is 65.8 cm³/mol. The lowest BCUT2D eigenvalue weighted by Gasteiger charge is -2.06. The van der Waals surface area contributed by atoms with Gasteiger partial charge in [0, 0.05) is 19.4 Å². The number of hydrogen-bond acceptors (Lipinski definition) is 4. The number of urea groups is 1. The van der Waals surface area contributed by atoms with Crippen molar-refractivity contribution in [1.82, 2.24) is 21.7 Å². The number of hydrogen-bond donors (Lipinski definition) is 5. The Morgan fingerprint density at radius 3 is 2.00 bits per heavy atom. The minimum absolute atomic E-state index is 0.0980. The van der Waals surface area contributed by atoms with Crippen LogP contribution in [0, 0.1) is 0 Å². The summed E-state index contributed by atoms with van der Waals surface area (Å²) >= 11 is 0. The van der Waals surface area contributed by atoms with Crippen molar-refractivity contribution < 1.29 is 14.4 Å². The molecule has 18 heavy (non-hydrogen) atoms. The van der Waals surface area contributed by atoms with Gasteiger partial charge in [-0.2, -0.15) is 0 Å². The standard InChI is InChI=1S/C10H21N5O3/c1-2-7-12-13-8(16)5-3-4-6-9(17)14-15-10(11)18/h12H,2-7H2,1H3,(H,13,16)(H,14,17)(H3,11,15,18). The number of carbonyl (C=O) groups excluding carboxylic acids is 3. The summed E-state index contributed by atoms with van der Waals surface area (Å²) in [7, 11) is 0. The molecule has 8 heteroatoms. The Morgan fingerprint density at radius 2 is 1.50 bits per heavy atom. The van der Waals surface area contributed by atoms with Crippen LogP contribution in [0.4, 0.5) is 4.79 Å². The van der Waals surface area contributed by atoms with E-state index in [2.05, 4.69) is 16.3 Å². The van der Waals surface area contributed by atoms with Crippen LogP contribution in [-0.2, 0) is 9.59 Å². The second-order valence-corrected chi connectivity index (χ2v) is 3.72. The van der Waals surface area contributed by atoms with Crippen LogP contribution >= 0.6 is 0 Å². The third-order valence-electron chi connectivity index (χ3n) is 1.99. The molecule has 104 valence electrons. The van der Waals surface area contributed by atoms with Crippen LogP contribution in [0.15, 0.2) is 0 Å². The molecule has 4 amide bonds. The molecular formula is C10H21N5O3. The summed E-state index contributed by atoms with van der Waals surface area (Å²) in [6, 6.07) is -0.815. The first-order valence-electron chi connectivity index (χ1n) is 5.92. The second-order valence-electron chi connectivity index (χ2n) is 3.72. The van der Waals surface area contributed by atoms with Crippen LogP contribution in [-0.4, -0.2) is 24.4 Å². The second kappa shape index (κ2) is 10.3. The fourth-order valence-corrected chi connectivity index (χ4v) is 1.11. The zero-order valence-electron chi connectivity index (χ0n) is 10.5. The van der Waals surface area contributed by atoms with Gasteiger partial charge in [0.25, 0.3) is 0 Å². The fraction of sp³-hybridized carbons (Fsp3) is 0.700. The van der Waals surface area contributed by atoms with Crippen LogP contribution in [0.25, 0.3) is 0 Å². The molecule has 0 aromatic heterocycles. The highest BCUT2D eigenvalue weighted by molar-refractivity contribution is 5.80. The third kappa shape index (κ3) is 10.7. The Morgan fingerprint density at radius 1 is 0.944 bits per heavy atom. The Hall–Kier alpha value is -1.83. The summed E-state index contributed by atoms with van der Waals surface area (Å²) in [5.41, 5.74) is 14.2. The largest absolute Gasteiger partial charge is 0.350 e. The molecule has 0 bridgehead atoms. The predicted octanol–water partition coefficient (Wildman–Crippen LogP) is -0.723. The third-order valence-corrected chi connectivity index (χ3v) is 1.99. The minimum Gasteiger partial charge on any atom is -0.350 e. The van der Waals surface area contributed by atoms with Crippen molar-refractivity contribution in [2.24, 2.45) is 5.73 Å². The molecule has 0 saturated carbocycles. The van der Waals surface area contributed by atoms with E-state index in [0.29, 0.717) is 19.3 Å². The van der Waals surface area contributed by atoms with E-state index in [1.54, 1.807) is 0 Å². The average Bonchev–Trinajstić information content (AvgIpc) is 2.32. The van der Waals surface area contributed by atoms with Crippen molar-refractivity contribution in [1.29, 1.82) is 0 Å². The molecule has 0 unspecified atom stereocenters. The number of amides is 4. The molecule has 0 aliphatic rings. The van der Waals surface area contributed by atoms with E-state index in [4.69, 9.17) is 5.73 Å². The molecule has 6 N–H and O–H groups in total. The number of hydrazine groups is 2. The van der Waals surface area contributed by atoms with Gasteiger partial charge in [-0.3, -0.25) is 20.4 Å². The first kappa shape index (κ1) is 16.2. The van der Waals surface area contributed by atoms with E-state index in [1.165, 1.54) is 0 Å². The summed E-state index contributed by atoms with van der Waals surface area (Å²) < 4.78 is 0. The highest BCUT2D eigenvalue weighted by atomic mass is 16.2. The van der Waals surface area contributed by atoms with Gasteiger partial charge in [-0.25, -0.2) is 15.6 Å². The van der Waals surface area contributed by atoms with Crippen molar-refractivity contribution in [3.05, 3.63) is 0 Å². The zero-order valence-corrected chi connectivity index (χ0v) is 10.5. The van der Waals surface area contributed by atoms with Crippen molar-refractivity contribution in [2.75, 3.05) is 6.54 Å². The molecule has 0 atom stereocenters. The molecule has 0 radical (unpaired) electrons. The molecule has 0 heterocycles. The quantitative estimate of drug-likeness (QED) is 0.291. The number of primary amides is 1. The Bertz CT molecular complexity index is 283. The summed E-state index contributed by atoms with van der Waals surface area (Å²) in [5, 5.41) is 0. The first-order chi connectivity index (χ1) is 8.56. The monoisotopic (exact) mass is 259 g/mol. The lowest BCUT2D eigenvalue weighted by Crippen LogP contribution is -2.44. The Balaban J connectivity index is 3.40. The summed E-state index contributed by atoms with van der Waals surface area (Å²) in [6.45, 7) is 2.73. The minimum atomic E-state index is -0.815. The molecule has 0 saturated heterocycles. The molecule has 0 aliphatic heterocycles. The van der Waals surface area contributed by atoms with Crippen molar-refractivity contribution >= 4 is 17.8 Å². The van der Waals surface area contributed by atoms with Crippen LogP contribution in [0.5, 0.6) is 0 Å². The van der Waals surface area contributed by atoms with E-state index in [1.807, 2.05) is 12.3 Å². The molecule has 0 aromatic rings. The van der Waals surface area contributed by atoms with E-state index >= 15 is 0 Å². The number of carbonyl (C=O) groups is 3. The average molecular weight is 259 g/mol. The summed E-state index contributed by atoms with van der Waals surface area (Å²) in [4.78, 5) is 32.6. The van der Waals surface area contributed by atoms with Crippen LogP contribution in [0.1, 0.15) is 39.0 Å². The van der Waals surface area contributed by atoms with E-state index in [0.717, 1.165) is 13.0 Å². The number of unbranched alkanes of at least 4 members (excludes halogenated alkanes) is 1. The van der Waals surface area contributed by atoms with Crippen LogP contribution in [0.2, 0.25) is 0 Å². The van der Waals surface area contributed by atoms with Crippen LogP contribution < -0.4 is 27.4 Å². The molecule has 0 aliphatic carbocycles. The van der Waals surface area contributed by atoms with Gasteiger partial charge >= 0.3 is 6.03 Å². The van der Waals surface area contributed by atoms with Gasteiger partial charge in [-0.15, -0.1) is 0 Å². The number of rotatable bonds is 8. The van der Waals surface area contributed by atoms with Gasteiger partial charge in [-0.1, -0.05) is 6.92 Å². The highest BCUT2D eigenvalue weighted by Gasteiger charge is 2.03. The SMILES string of the molecule is CCCNNC(=O)CCCCC(=O)NNC(N)=O. The molecule has 0 spiro atoms. The van der Waals surface area contributed by atoms with E-state index < -0.39 is 6.03 Å². The van der Waals surface area contributed by atoms with E-state index in [-0.39, 0.29) is 18.2 Å². The molecule has 8 nitrogen and oxygen atoms in total. The first-order valence-corrected chi connectivity index (χ1v) is 5.92. The number of nitrogens with two attached hydrogens (primary N) is 1. The smallest absolute Gasteiger partial charge is 0.330 e. The van der Waals surface area contributed by atoms with Crippen LogP contribution in [0.3, 0.4) is 0 Å². The van der Waals surface area contributed by atoms with Gasteiger partial charge in [-0.05, 0) is 19.3 Å². The molecular weight excluding hydrogens is 238 g/mol. The van der Waals surface area contributed by atoms with Gasteiger partial charge < -0.3 is 5.73 Å². The van der Waals surface area contributed by atoms with Crippen molar-refractivity contribution in [2.45, 2.75) is 39.0 Å². The van der Waals surface area contributed by atoms with Crippen molar-refractivity contribution in [3.8, 4) is 0 Å². The van der Waals surface area contributed by atoms with Gasteiger partial charge in [0.2, 0.25) is 11.8 Å². The maximum absolute atomic E-state index is 11.2. The topological polar surface area (TPSA) is 125 Å². The Kier molecular flexibility index (Phi) is 9.28. The highest BCUT2D eigenvalue weighted by Crippen LogP contribution is 1.99. The van der Waals surface area contributed by atoms with Gasteiger partial charge in [0.1, 0.15) is 0 Å². The lowest BCUT2D eigenvalue weighted by atomic mass is 10.2. The summed E-state index contributed by atoms with van der Waals surface area (Å²) in [5.74, 6) is -0.433. The molecule has 0 aromatic carbocycles. The zero-order chi connectivity index (χ0) is 13.8. The molecule has 0 rings (SSSR count). The normalized spacial score (nSPS) is 9.61. The maximum atomic E-state index is 11.2. The van der Waals surface area contributed by atoms with Gasteiger partial charge in [0.15, 0.2) is 0 Å². The lowest BCUT2D eigenvalue weighted by molar-refractivity contribution is -0.123. The Labute approximate surface area is 106 Å². The van der Waals surface area contributed by atoms with E-state index in [9.17, 15) is 14.4 Å². The number of nitrogens with one attached hydrogen (secondary N) is 4. The maximum Gasteiger partial charge on any atom is 0.330 e. The summed E-state index contributed by atoms with van der Waals surface area (Å²) in [6.07, 6.45) is 2.69. The molecule has 0 fully saturated rings. The fourth-order valence-electron chi connectivity index (χ4n) is 1.11. The van der Waals surface area contributed by atoms with Crippen molar-refractivity contribution in [3.63, 3.8) is 0 Å².